The number of anilines is 1. The third-order valence-corrected chi connectivity index (χ3v) is 8.24. The Morgan fingerprint density at radius 1 is 0.958 bits per heavy atom. The fourth-order valence-electron chi connectivity index (χ4n) is 1.93. The monoisotopic (exact) mass is 393 g/mol. The van der Waals surface area contributed by atoms with Crippen molar-refractivity contribution in [3.8, 4) is 0 Å². The van der Waals surface area contributed by atoms with Crippen molar-refractivity contribution in [2.75, 3.05) is 16.8 Å². The average Bonchev–Trinajstić information content (AvgIpc) is 2.52. The Labute approximate surface area is 149 Å². The highest BCUT2D eigenvalue weighted by Crippen LogP contribution is 2.21. The van der Waals surface area contributed by atoms with Crippen molar-refractivity contribution in [3.63, 3.8) is 0 Å². The van der Waals surface area contributed by atoms with E-state index in [2.05, 4.69) is 5.32 Å². The van der Waals surface area contributed by atoms with Gasteiger partial charge in [-0.25, -0.2) is 16.8 Å². The molecule has 0 aliphatic rings. The van der Waals surface area contributed by atoms with Gasteiger partial charge in [0.25, 0.3) is 0 Å². The second-order valence-electron chi connectivity index (χ2n) is 5.46. The zero-order valence-electron chi connectivity index (χ0n) is 14.0. The van der Waals surface area contributed by atoms with Crippen molar-refractivity contribution in [1.82, 2.24) is 0 Å². The number of nitrogens with one attached hydrogen (secondary N) is 1. The molecule has 0 saturated heterocycles. The molecule has 0 amide bonds. The first-order chi connectivity index (χ1) is 11.2. The van der Waals surface area contributed by atoms with Gasteiger partial charge in [0.15, 0.2) is 23.9 Å². The molecule has 0 radical (unpaired) electrons. The van der Waals surface area contributed by atoms with Gasteiger partial charge < -0.3 is 5.32 Å². The Hall–Kier alpha value is -1.05. The van der Waals surface area contributed by atoms with Crippen LogP contribution in [0.3, 0.4) is 0 Å². The molecule has 0 aliphatic heterocycles. The fourth-order valence-corrected chi connectivity index (χ4v) is 6.32. The van der Waals surface area contributed by atoms with Gasteiger partial charge in [-0.15, -0.1) is 0 Å². The van der Waals surface area contributed by atoms with E-state index < -0.39 is 23.9 Å². The van der Waals surface area contributed by atoms with Gasteiger partial charge in [-0.1, -0.05) is 38.3 Å². The van der Waals surface area contributed by atoms with E-state index in [1.54, 1.807) is 24.3 Å². The Balaban J connectivity index is 3.17. The second-order valence-corrected chi connectivity index (χ2v) is 10.3. The van der Waals surface area contributed by atoms with Gasteiger partial charge in [0.05, 0.1) is 11.5 Å². The summed E-state index contributed by atoms with van der Waals surface area (Å²) in [6, 6.07) is 6.56. The summed E-state index contributed by atoms with van der Waals surface area (Å²) in [6.07, 6.45) is 3.27. The molecule has 0 spiro atoms. The number of hydrogen-bond donors (Lipinski definition) is 1. The molecule has 0 heterocycles. The van der Waals surface area contributed by atoms with Crippen molar-refractivity contribution < 1.29 is 16.8 Å². The minimum absolute atomic E-state index is 0.178. The number of sulfone groups is 2. The van der Waals surface area contributed by atoms with Crippen molar-refractivity contribution in [2.45, 2.75) is 39.5 Å². The van der Waals surface area contributed by atoms with E-state index in [-0.39, 0.29) is 11.5 Å². The van der Waals surface area contributed by atoms with Crippen LogP contribution < -0.4 is 5.32 Å². The molecule has 136 valence electrons. The molecule has 1 aromatic rings. The summed E-state index contributed by atoms with van der Waals surface area (Å²) in [4.78, 5) is 0. The van der Waals surface area contributed by atoms with Crippen LogP contribution in [0.25, 0.3) is 0 Å². The van der Waals surface area contributed by atoms with E-state index in [9.17, 15) is 16.8 Å². The quantitative estimate of drug-likeness (QED) is 0.650. The third kappa shape index (κ3) is 6.45. The minimum atomic E-state index is -3.87. The summed E-state index contributed by atoms with van der Waals surface area (Å²) >= 11 is 5.80. The Kier molecular flexibility index (Phi) is 8.26. The standard InChI is InChI=1S/C16H24ClNO4S2/c1-3-5-11-23(19,20)16(24(21,22)12-6-4-2)13-18-15-9-7-14(17)8-10-15/h7-10,13,18H,3-6,11-12H2,1-2H3. The van der Waals surface area contributed by atoms with E-state index in [4.69, 9.17) is 11.6 Å². The van der Waals surface area contributed by atoms with E-state index in [0.29, 0.717) is 36.4 Å². The lowest BCUT2D eigenvalue weighted by molar-refractivity contribution is 0.591. The molecule has 0 bridgehead atoms. The molecule has 0 aromatic heterocycles. The largest absolute Gasteiger partial charge is 0.360 e. The third-order valence-electron chi connectivity index (χ3n) is 3.35. The van der Waals surface area contributed by atoms with Gasteiger partial charge in [0.1, 0.15) is 0 Å². The van der Waals surface area contributed by atoms with Crippen molar-refractivity contribution in [3.05, 3.63) is 39.7 Å². The maximum atomic E-state index is 12.5. The summed E-state index contributed by atoms with van der Waals surface area (Å²) in [6.45, 7) is 3.72. The number of hydrogen-bond acceptors (Lipinski definition) is 5. The molecule has 8 heteroatoms. The molecule has 1 rings (SSSR count). The van der Waals surface area contributed by atoms with Crippen LogP contribution in [0.4, 0.5) is 5.69 Å². The summed E-state index contributed by atoms with van der Waals surface area (Å²) in [7, 11) is -7.73. The maximum absolute atomic E-state index is 12.5. The van der Waals surface area contributed by atoms with Crippen LogP contribution in [0.2, 0.25) is 5.02 Å². The molecule has 1 N–H and O–H groups in total. The molecular formula is C16H24ClNO4S2. The number of rotatable bonds is 10. The van der Waals surface area contributed by atoms with Crippen LogP contribution in [0.5, 0.6) is 0 Å². The molecule has 0 aliphatic carbocycles. The predicted molar refractivity (Wildman–Crippen MR) is 101 cm³/mol. The van der Waals surface area contributed by atoms with Crippen molar-refractivity contribution in [2.24, 2.45) is 0 Å². The smallest absolute Gasteiger partial charge is 0.190 e. The molecule has 0 fully saturated rings. The van der Waals surface area contributed by atoms with Gasteiger partial charge in [-0.05, 0) is 37.1 Å². The number of benzene rings is 1. The van der Waals surface area contributed by atoms with Crippen LogP contribution in [0, 0.1) is 0 Å². The normalized spacial score (nSPS) is 12.0. The van der Waals surface area contributed by atoms with E-state index in [0.717, 1.165) is 6.20 Å². The van der Waals surface area contributed by atoms with Crippen molar-refractivity contribution in [1.29, 1.82) is 0 Å². The topological polar surface area (TPSA) is 80.3 Å². The molecule has 0 saturated carbocycles. The average molecular weight is 394 g/mol. The second kappa shape index (κ2) is 9.44. The van der Waals surface area contributed by atoms with Crippen molar-refractivity contribution >= 4 is 37.0 Å². The van der Waals surface area contributed by atoms with Crippen LogP contribution in [0.15, 0.2) is 34.7 Å². The summed E-state index contributed by atoms with van der Waals surface area (Å²) in [5.41, 5.74) is 0.563. The predicted octanol–water partition coefficient (Wildman–Crippen LogP) is 3.98. The summed E-state index contributed by atoms with van der Waals surface area (Å²) < 4.78 is 49.3. The lowest BCUT2D eigenvalue weighted by Crippen LogP contribution is -2.20. The highest BCUT2D eigenvalue weighted by atomic mass is 35.5. The molecule has 0 unspecified atom stereocenters. The van der Waals surface area contributed by atoms with Crippen LogP contribution in [-0.4, -0.2) is 28.3 Å². The maximum Gasteiger partial charge on any atom is 0.190 e. The Morgan fingerprint density at radius 2 is 1.42 bits per heavy atom. The van der Waals surface area contributed by atoms with E-state index in [1.165, 1.54) is 0 Å². The van der Waals surface area contributed by atoms with Gasteiger partial charge >= 0.3 is 0 Å². The lowest BCUT2D eigenvalue weighted by Gasteiger charge is -2.11. The zero-order valence-corrected chi connectivity index (χ0v) is 16.3. The Bertz CT molecular complexity index is 714. The Morgan fingerprint density at radius 3 is 1.83 bits per heavy atom. The highest BCUT2D eigenvalue weighted by molar-refractivity contribution is 8.14. The number of unbranched alkanes of at least 4 members (excludes halogenated alkanes) is 2. The molecule has 24 heavy (non-hydrogen) atoms. The molecule has 5 nitrogen and oxygen atoms in total. The van der Waals surface area contributed by atoms with Gasteiger partial charge in [-0.3, -0.25) is 0 Å². The SMILES string of the molecule is CCCCS(=O)(=O)C(=CNc1ccc(Cl)cc1)S(=O)(=O)CCCC. The van der Waals surface area contributed by atoms with Gasteiger partial charge in [0, 0.05) is 16.9 Å². The first-order valence-electron chi connectivity index (χ1n) is 7.90. The fraction of sp³-hybridized carbons (Fsp3) is 0.500. The van der Waals surface area contributed by atoms with Crippen LogP contribution >= 0.6 is 11.6 Å². The first kappa shape index (κ1) is 21.0. The molecule has 1 aromatic carbocycles. The van der Waals surface area contributed by atoms with E-state index >= 15 is 0 Å². The molecule has 0 atom stereocenters. The molecular weight excluding hydrogens is 370 g/mol. The van der Waals surface area contributed by atoms with Gasteiger partial charge in [0.2, 0.25) is 0 Å². The highest BCUT2D eigenvalue weighted by Gasteiger charge is 2.29. The summed E-state index contributed by atoms with van der Waals surface area (Å²) in [5, 5.41) is 3.30. The van der Waals surface area contributed by atoms with E-state index in [1.807, 2.05) is 13.8 Å². The zero-order chi connectivity index (χ0) is 18.2. The lowest BCUT2D eigenvalue weighted by atomic mass is 10.3. The van der Waals surface area contributed by atoms with Crippen LogP contribution in [-0.2, 0) is 19.7 Å². The summed E-state index contributed by atoms with van der Waals surface area (Å²) in [5.74, 6) is -0.355. The first-order valence-corrected chi connectivity index (χ1v) is 11.6. The van der Waals surface area contributed by atoms with Crippen LogP contribution in [0.1, 0.15) is 39.5 Å². The van der Waals surface area contributed by atoms with Gasteiger partial charge in [-0.2, -0.15) is 0 Å². The minimum Gasteiger partial charge on any atom is -0.360 e. The number of halogens is 1.